The maximum absolute atomic E-state index is 12.2. The molecule has 0 heterocycles. The summed E-state index contributed by atoms with van der Waals surface area (Å²) in [4.78, 5) is -0.339. The van der Waals surface area contributed by atoms with Crippen molar-refractivity contribution < 1.29 is 22.6 Å². The lowest BCUT2D eigenvalue weighted by Crippen LogP contribution is -2.08. The Morgan fingerprint density at radius 2 is 1.95 bits per heavy atom. The van der Waals surface area contributed by atoms with Crippen molar-refractivity contribution in [2.45, 2.75) is 23.8 Å². The van der Waals surface area contributed by atoms with Crippen molar-refractivity contribution in [2.24, 2.45) is 0 Å². The first-order valence-corrected chi connectivity index (χ1v) is 7.66. The normalized spacial score (nSPS) is 13.3. The van der Waals surface area contributed by atoms with Gasteiger partial charge in [-0.1, -0.05) is 22.0 Å². The number of hydrogen-bond donors (Lipinski definition) is 0. The molecule has 0 saturated heterocycles. The van der Waals surface area contributed by atoms with Crippen molar-refractivity contribution in [3.8, 4) is 5.75 Å². The zero-order valence-corrected chi connectivity index (χ0v) is 14.0. The van der Waals surface area contributed by atoms with Crippen LogP contribution in [-0.4, -0.2) is 26.5 Å². The molecular formula is C13H15Br2F3O2. The molecule has 20 heavy (non-hydrogen) atoms. The van der Waals surface area contributed by atoms with E-state index in [0.29, 0.717) is 23.4 Å². The van der Waals surface area contributed by atoms with Crippen molar-refractivity contribution in [3.63, 3.8) is 0 Å². The number of benzene rings is 1. The minimum absolute atomic E-state index is 0.000180. The number of alkyl halides is 4. The predicted molar refractivity (Wildman–Crippen MR) is 78.5 cm³/mol. The smallest absolute Gasteiger partial charge is 0.389 e. The van der Waals surface area contributed by atoms with Gasteiger partial charge < -0.3 is 9.47 Å². The summed E-state index contributed by atoms with van der Waals surface area (Å²) in [6.45, 7) is 0.890. The Hall–Kier alpha value is -0.270. The van der Waals surface area contributed by atoms with E-state index < -0.39 is 12.6 Å². The van der Waals surface area contributed by atoms with Crippen molar-refractivity contribution in [2.75, 3.05) is 20.3 Å². The molecule has 0 aliphatic rings. The Morgan fingerprint density at radius 3 is 2.50 bits per heavy atom. The van der Waals surface area contributed by atoms with Gasteiger partial charge in [0, 0.05) is 18.4 Å². The van der Waals surface area contributed by atoms with Gasteiger partial charge in [0.25, 0.3) is 0 Å². The lowest BCUT2D eigenvalue weighted by molar-refractivity contribution is -0.135. The molecule has 0 bridgehead atoms. The third-order valence-corrected chi connectivity index (χ3v) is 4.15. The highest BCUT2D eigenvalue weighted by molar-refractivity contribution is 9.10. The third kappa shape index (κ3) is 6.45. The highest BCUT2D eigenvalue weighted by Gasteiger charge is 2.28. The van der Waals surface area contributed by atoms with Crippen LogP contribution in [0.1, 0.15) is 23.2 Å². The van der Waals surface area contributed by atoms with E-state index in [-0.39, 0.29) is 11.2 Å². The summed E-state index contributed by atoms with van der Waals surface area (Å²) < 4.78 is 47.6. The summed E-state index contributed by atoms with van der Waals surface area (Å²) >= 11 is 6.63. The SMILES string of the molecule is COCCOc1ccc(C(Br)CCC(F)(F)F)cc1Br. The molecule has 1 unspecified atom stereocenters. The van der Waals surface area contributed by atoms with Crippen LogP contribution in [0.15, 0.2) is 22.7 Å². The molecule has 0 aromatic heterocycles. The number of methoxy groups -OCH3 is 1. The molecule has 7 heteroatoms. The number of halogens is 5. The lowest BCUT2D eigenvalue weighted by atomic mass is 10.1. The molecule has 0 aliphatic carbocycles. The van der Waals surface area contributed by atoms with Gasteiger partial charge in [-0.3, -0.25) is 0 Å². The first-order chi connectivity index (χ1) is 9.33. The molecule has 0 radical (unpaired) electrons. The van der Waals surface area contributed by atoms with Crippen molar-refractivity contribution in [1.82, 2.24) is 0 Å². The molecule has 1 atom stereocenters. The van der Waals surface area contributed by atoms with Crippen LogP contribution in [0.5, 0.6) is 5.75 Å². The average Bonchev–Trinajstić information content (AvgIpc) is 2.37. The molecular weight excluding hydrogens is 405 g/mol. The summed E-state index contributed by atoms with van der Waals surface area (Å²) in [7, 11) is 1.58. The Labute approximate surface area is 132 Å². The third-order valence-electron chi connectivity index (χ3n) is 2.54. The highest BCUT2D eigenvalue weighted by atomic mass is 79.9. The maximum Gasteiger partial charge on any atom is 0.389 e. The standard InChI is InChI=1S/C13H15Br2F3O2/c1-19-6-7-20-12-3-2-9(8-11(12)15)10(14)4-5-13(16,17)18/h2-3,8,10H,4-7H2,1H3. The Kier molecular flexibility index (Phi) is 7.33. The van der Waals surface area contributed by atoms with Gasteiger partial charge in [0.2, 0.25) is 0 Å². The zero-order valence-electron chi connectivity index (χ0n) is 10.8. The van der Waals surface area contributed by atoms with Crippen LogP contribution in [0.2, 0.25) is 0 Å². The molecule has 2 nitrogen and oxygen atoms in total. The molecule has 0 fully saturated rings. The van der Waals surface area contributed by atoms with Gasteiger partial charge >= 0.3 is 6.18 Å². The second-order valence-corrected chi connectivity index (χ2v) is 6.11. The van der Waals surface area contributed by atoms with E-state index in [4.69, 9.17) is 9.47 Å². The fourth-order valence-corrected chi connectivity index (χ4v) is 2.55. The fourth-order valence-electron chi connectivity index (χ4n) is 1.52. The number of hydrogen-bond acceptors (Lipinski definition) is 2. The average molecular weight is 420 g/mol. The van der Waals surface area contributed by atoms with Gasteiger partial charge in [-0.15, -0.1) is 0 Å². The van der Waals surface area contributed by atoms with Crippen molar-refractivity contribution in [3.05, 3.63) is 28.2 Å². The fraction of sp³-hybridized carbons (Fsp3) is 0.538. The van der Waals surface area contributed by atoms with E-state index in [9.17, 15) is 13.2 Å². The molecule has 0 amide bonds. The summed E-state index contributed by atoms with van der Waals surface area (Å²) in [6, 6.07) is 5.25. The topological polar surface area (TPSA) is 18.5 Å². The molecule has 1 aromatic carbocycles. The Morgan fingerprint density at radius 1 is 1.25 bits per heavy atom. The van der Waals surface area contributed by atoms with Crippen LogP contribution in [0.25, 0.3) is 0 Å². The van der Waals surface area contributed by atoms with Gasteiger partial charge in [-0.2, -0.15) is 13.2 Å². The molecule has 0 saturated carbocycles. The Bertz CT molecular complexity index is 425. The van der Waals surface area contributed by atoms with Crippen molar-refractivity contribution in [1.29, 1.82) is 0 Å². The van der Waals surface area contributed by atoms with Crippen LogP contribution in [0.4, 0.5) is 13.2 Å². The second kappa shape index (κ2) is 8.24. The minimum Gasteiger partial charge on any atom is -0.490 e. The van der Waals surface area contributed by atoms with E-state index in [1.54, 1.807) is 25.3 Å². The maximum atomic E-state index is 12.2. The number of rotatable bonds is 7. The van der Waals surface area contributed by atoms with E-state index in [0.717, 1.165) is 5.56 Å². The van der Waals surface area contributed by atoms with E-state index >= 15 is 0 Å². The monoisotopic (exact) mass is 418 g/mol. The van der Waals surface area contributed by atoms with Crippen LogP contribution in [-0.2, 0) is 4.74 Å². The van der Waals surface area contributed by atoms with Gasteiger partial charge in [0.1, 0.15) is 12.4 Å². The molecule has 1 rings (SSSR count). The largest absolute Gasteiger partial charge is 0.490 e. The molecule has 0 spiro atoms. The molecule has 0 aliphatic heterocycles. The van der Waals surface area contributed by atoms with Gasteiger partial charge in [-0.25, -0.2) is 0 Å². The predicted octanol–water partition coefficient (Wildman–Crippen LogP) is 5.25. The molecule has 114 valence electrons. The van der Waals surface area contributed by atoms with Crippen LogP contribution in [0, 0.1) is 0 Å². The van der Waals surface area contributed by atoms with Crippen molar-refractivity contribution >= 4 is 31.9 Å². The van der Waals surface area contributed by atoms with Gasteiger partial charge in [0.05, 0.1) is 11.1 Å². The van der Waals surface area contributed by atoms with Gasteiger partial charge in [-0.05, 0) is 40.0 Å². The van der Waals surface area contributed by atoms with Crippen LogP contribution < -0.4 is 4.74 Å². The second-order valence-electron chi connectivity index (χ2n) is 4.15. The molecule has 1 aromatic rings. The lowest BCUT2D eigenvalue weighted by Gasteiger charge is -2.14. The van der Waals surface area contributed by atoms with Crippen LogP contribution in [0.3, 0.4) is 0 Å². The van der Waals surface area contributed by atoms with E-state index in [2.05, 4.69) is 31.9 Å². The highest BCUT2D eigenvalue weighted by Crippen LogP contribution is 2.36. The molecule has 0 N–H and O–H groups in total. The Balaban J connectivity index is 2.61. The first-order valence-electron chi connectivity index (χ1n) is 5.95. The minimum atomic E-state index is -4.13. The van der Waals surface area contributed by atoms with E-state index in [1.165, 1.54) is 0 Å². The van der Waals surface area contributed by atoms with E-state index in [1.807, 2.05) is 0 Å². The zero-order chi connectivity index (χ0) is 15.2. The summed E-state index contributed by atoms with van der Waals surface area (Å²) in [5.41, 5.74) is 0.778. The first kappa shape index (κ1) is 17.8. The summed E-state index contributed by atoms with van der Waals surface area (Å²) in [5.74, 6) is 0.640. The summed E-state index contributed by atoms with van der Waals surface area (Å²) in [6.07, 6.45) is -4.95. The van der Waals surface area contributed by atoms with Gasteiger partial charge in [0.15, 0.2) is 0 Å². The summed E-state index contributed by atoms with van der Waals surface area (Å²) in [5, 5.41) is 0. The quantitative estimate of drug-likeness (QED) is 0.443. The number of ether oxygens (including phenoxy) is 2. The van der Waals surface area contributed by atoms with Crippen LogP contribution >= 0.6 is 31.9 Å².